The summed E-state index contributed by atoms with van der Waals surface area (Å²) in [7, 11) is 0. The topological polar surface area (TPSA) is 86.3 Å². The molecule has 2 saturated heterocycles. The Balaban J connectivity index is 1.19. The third-order valence-electron chi connectivity index (χ3n) is 6.09. The first-order valence-corrected chi connectivity index (χ1v) is 10.1. The second-order valence-electron chi connectivity index (χ2n) is 8.18. The highest BCUT2D eigenvalue weighted by molar-refractivity contribution is 5.95. The highest BCUT2D eigenvalue weighted by Gasteiger charge is 2.38. The fourth-order valence-corrected chi connectivity index (χ4v) is 4.18. The molecule has 3 aliphatic rings. The van der Waals surface area contributed by atoms with Gasteiger partial charge in [0.2, 0.25) is 5.89 Å². The molecule has 7 heteroatoms. The van der Waals surface area contributed by atoms with Gasteiger partial charge in [-0.25, -0.2) is 0 Å². The van der Waals surface area contributed by atoms with Crippen molar-refractivity contribution in [3.05, 3.63) is 47.1 Å². The standard InChI is InChI=1S/C21H23N5O2/c22-10-14-5-7-16(8-6-14)21(27)26-12-17(13-26)19-23-20(28-24-19)18-2-1-9-25(18)11-15-3-4-15/h5-8,15,17-18H,1-4,9,11-13H2. The molecule has 0 N–H and O–H groups in total. The van der Waals surface area contributed by atoms with Crippen LogP contribution in [0, 0.1) is 17.2 Å². The summed E-state index contributed by atoms with van der Waals surface area (Å²) < 4.78 is 5.61. The van der Waals surface area contributed by atoms with Gasteiger partial charge in [-0.2, -0.15) is 10.2 Å². The first-order valence-electron chi connectivity index (χ1n) is 10.1. The van der Waals surface area contributed by atoms with Gasteiger partial charge in [0.15, 0.2) is 5.82 Å². The van der Waals surface area contributed by atoms with Crippen molar-refractivity contribution in [2.75, 3.05) is 26.2 Å². The fourth-order valence-electron chi connectivity index (χ4n) is 4.18. The molecule has 1 aliphatic carbocycles. The lowest BCUT2D eigenvalue weighted by molar-refractivity contribution is 0.0592. The quantitative estimate of drug-likeness (QED) is 0.796. The van der Waals surface area contributed by atoms with Crippen LogP contribution in [0.4, 0.5) is 0 Å². The Bertz CT molecular complexity index is 906. The van der Waals surface area contributed by atoms with E-state index in [1.54, 1.807) is 29.2 Å². The van der Waals surface area contributed by atoms with E-state index in [4.69, 9.17) is 9.78 Å². The fraction of sp³-hybridized carbons (Fsp3) is 0.524. The zero-order valence-corrected chi connectivity index (χ0v) is 15.8. The van der Waals surface area contributed by atoms with Crippen molar-refractivity contribution in [3.63, 3.8) is 0 Å². The molecule has 0 spiro atoms. The first-order chi connectivity index (χ1) is 13.7. The second kappa shape index (κ2) is 7.02. The predicted octanol–water partition coefficient (Wildman–Crippen LogP) is 2.73. The molecule has 2 aliphatic heterocycles. The highest BCUT2D eigenvalue weighted by Crippen LogP contribution is 2.37. The van der Waals surface area contributed by atoms with Gasteiger partial charge in [-0.1, -0.05) is 5.16 Å². The van der Waals surface area contributed by atoms with Crippen molar-refractivity contribution in [2.45, 2.75) is 37.6 Å². The summed E-state index contributed by atoms with van der Waals surface area (Å²) in [6.07, 6.45) is 4.97. The molecular formula is C21H23N5O2. The molecule has 1 amide bonds. The Morgan fingerprint density at radius 2 is 2.00 bits per heavy atom. The van der Waals surface area contributed by atoms with Crippen LogP contribution in [0.15, 0.2) is 28.8 Å². The Labute approximate surface area is 163 Å². The number of rotatable bonds is 5. The van der Waals surface area contributed by atoms with Gasteiger partial charge < -0.3 is 9.42 Å². The molecule has 5 rings (SSSR count). The van der Waals surface area contributed by atoms with Crippen LogP contribution in [0.25, 0.3) is 0 Å². The van der Waals surface area contributed by atoms with Gasteiger partial charge in [0, 0.05) is 25.2 Å². The van der Waals surface area contributed by atoms with Gasteiger partial charge in [0.25, 0.3) is 5.91 Å². The average Bonchev–Trinajstić information content (AvgIpc) is 3.17. The van der Waals surface area contributed by atoms with Gasteiger partial charge in [-0.15, -0.1) is 0 Å². The number of carbonyl (C=O) groups excluding carboxylic acids is 1. The largest absolute Gasteiger partial charge is 0.338 e. The molecule has 0 bridgehead atoms. The number of aromatic nitrogens is 2. The van der Waals surface area contributed by atoms with Gasteiger partial charge >= 0.3 is 0 Å². The number of nitriles is 1. The van der Waals surface area contributed by atoms with Gasteiger partial charge in [-0.3, -0.25) is 9.69 Å². The number of benzene rings is 1. The molecule has 1 unspecified atom stereocenters. The van der Waals surface area contributed by atoms with Crippen LogP contribution in [0.3, 0.4) is 0 Å². The molecule has 3 fully saturated rings. The minimum atomic E-state index is -0.0177. The van der Waals surface area contributed by atoms with Crippen LogP contribution < -0.4 is 0 Å². The van der Waals surface area contributed by atoms with E-state index in [2.05, 4.69) is 21.1 Å². The molecule has 1 saturated carbocycles. The smallest absolute Gasteiger partial charge is 0.253 e. The van der Waals surface area contributed by atoms with E-state index in [9.17, 15) is 4.79 Å². The van der Waals surface area contributed by atoms with Crippen LogP contribution in [0.1, 0.15) is 65.3 Å². The molecule has 7 nitrogen and oxygen atoms in total. The van der Waals surface area contributed by atoms with Crippen molar-refractivity contribution < 1.29 is 9.32 Å². The minimum Gasteiger partial charge on any atom is -0.338 e. The number of likely N-dealkylation sites (tertiary alicyclic amines) is 2. The number of hydrogen-bond acceptors (Lipinski definition) is 6. The minimum absolute atomic E-state index is 0.0177. The summed E-state index contributed by atoms with van der Waals surface area (Å²) >= 11 is 0. The van der Waals surface area contributed by atoms with Crippen molar-refractivity contribution in [1.82, 2.24) is 19.9 Å². The Morgan fingerprint density at radius 1 is 1.21 bits per heavy atom. The van der Waals surface area contributed by atoms with Gasteiger partial charge in [0.1, 0.15) is 0 Å². The van der Waals surface area contributed by atoms with Crippen LogP contribution >= 0.6 is 0 Å². The Kier molecular flexibility index (Phi) is 4.36. The summed E-state index contributed by atoms with van der Waals surface area (Å²) in [6, 6.07) is 9.08. The van der Waals surface area contributed by atoms with Crippen LogP contribution in [-0.2, 0) is 0 Å². The first kappa shape index (κ1) is 17.4. The van der Waals surface area contributed by atoms with Crippen LogP contribution in [0.5, 0.6) is 0 Å². The molecule has 1 aromatic carbocycles. The second-order valence-corrected chi connectivity index (χ2v) is 8.18. The molecule has 1 atom stereocenters. The summed E-state index contributed by atoms with van der Waals surface area (Å²) in [5.74, 6) is 2.44. The SMILES string of the molecule is N#Cc1ccc(C(=O)N2CC(c3noc(C4CCCN4CC4CC4)n3)C2)cc1. The zero-order chi connectivity index (χ0) is 19.1. The van der Waals surface area contributed by atoms with E-state index in [1.165, 1.54) is 19.3 Å². The van der Waals surface area contributed by atoms with Crippen molar-refractivity contribution >= 4 is 5.91 Å². The predicted molar refractivity (Wildman–Crippen MR) is 100 cm³/mol. The highest BCUT2D eigenvalue weighted by atomic mass is 16.5. The molecular weight excluding hydrogens is 354 g/mol. The van der Waals surface area contributed by atoms with Gasteiger partial charge in [-0.05, 0) is 62.4 Å². The van der Waals surface area contributed by atoms with Gasteiger partial charge in [0.05, 0.1) is 23.6 Å². The summed E-state index contributed by atoms with van der Waals surface area (Å²) in [5.41, 5.74) is 1.16. The lowest BCUT2D eigenvalue weighted by atomic mass is 9.98. The Morgan fingerprint density at radius 3 is 2.71 bits per heavy atom. The van der Waals surface area contributed by atoms with E-state index in [1.807, 2.05) is 0 Å². The van der Waals surface area contributed by atoms with Crippen molar-refractivity contribution in [3.8, 4) is 6.07 Å². The number of carbonyl (C=O) groups is 1. The molecule has 28 heavy (non-hydrogen) atoms. The van der Waals surface area contributed by atoms with Crippen LogP contribution in [-0.4, -0.2) is 52.0 Å². The monoisotopic (exact) mass is 377 g/mol. The number of hydrogen-bond donors (Lipinski definition) is 0. The maximum absolute atomic E-state index is 12.5. The molecule has 2 aromatic rings. The molecule has 144 valence electrons. The normalized spacial score (nSPS) is 22.8. The van der Waals surface area contributed by atoms with Crippen molar-refractivity contribution in [2.24, 2.45) is 5.92 Å². The van der Waals surface area contributed by atoms with Crippen molar-refractivity contribution in [1.29, 1.82) is 5.26 Å². The Hall–Kier alpha value is -2.72. The van der Waals surface area contributed by atoms with Crippen LogP contribution in [0.2, 0.25) is 0 Å². The average molecular weight is 377 g/mol. The lowest BCUT2D eigenvalue weighted by Crippen LogP contribution is -2.48. The third kappa shape index (κ3) is 3.29. The zero-order valence-electron chi connectivity index (χ0n) is 15.8. The summed E-state index contributed by atoms with van der Waals surface area (Å²) in [4.78, 5) is 21.5. The number of nitrogens with zero attached hydrogens (tertiary/aromatic N) is 5. The molecule has 3 heterocycles. The summed E-state index contributed by atoms with van der Waals surface area (Å²) in [5, 5.41) is 13.1. The van der Waals surface area contributed by atoms with E-state index in [0.29, 0.717) is 24.2 Å². The maximum atomic E-state index is 12.5. The summed E-state index contributed by atoms with van der Waals surface area (Å²) in [6.45, 7) is 3.48. The lowest BCUT2D eigenvalue weighted by Gasteiger charge is -2.37. The van der Waals surface area contributed by atoms with E-state index in [0.717, 1.165) is 37.1 Å². The number of amides is 1. The third-order valence-corrected chi connectivity index (χ3v) is 6.09. The van der Waals surface area contributed by atoms with E-state index < -0.39 is 0 Å². The van der Waals surface area contributed by atoms with E-state index >= 15 is 0 Å². The maximum Gasteiger partial charge on any atom is 0.253 e. The van der Waals surface area contributed by atoms with E-state index in [-0.39, 0.29) is 17.9 Å². The molecule has 0 radical (unpaired) electrons. The molecule has 1 aromatic heterocycles.